The quantitative estimate of drug-likeness (QED) is 0.399. The number of unbranched alkanes of at least 4 members (excludes halogenated alkanes) is 1. The molecule has 0 fully saturated rings. The molecule has 1 radical (unpaired) electrons. The number of hydrogen-bond acceptors (Lipinski definition) is 0. The van der Waals surface area contributed by atoms with Crippen molar-refractivity contribution in [2.45, 2.75) is 86.0 Å². The van der Waals surface area contributed by atoms with Gasteiger partial charge in [0.25, 0.3) is 0 Å². The highest BCUT2D eigenvalue weighted by Crippen LogP contribution is 2.32. The third-order valence-electron chi connectivity index (χ3n) is 4.24. The van der Waals surface area contributed by atoms with Crippen LogP contribution in [0.3, 0.4) is 0 Å². The van der Waals surface area contributed by atoms with Crippen molar-refractivity contribution in [3.63, 3.8) is 0 Å². The van der Waals surface area contributed by atoms with Crippen molar-refractivity contribution in [1.29, 1.82) is 0 Å². The standard InChI is InChI=1S/C16H33/c1-6-13-16(5,9-4)14-11-10-12-15(7-2)8-3/h14-15H,6-13H2,1-5H3. The second kappa shape index (κ2) is 9.07. The fourth-order valence-electron chi connectivity index (χ4n) is 2.55. The summed E-state index contributed by atoms with van der Waals surface area (Å²) in [6.45, 7) is 11.7. The molecule has 0 rings (SSSR count). The van der Waals surface area contributed by atoms with Gasteiger partial charge in [0.1, 0.15) is 0 Å². The predicted octanol–water partition coefficient (Wildman–Crippen LogP) is 6.01. The van der Waals surface area contributed by atoms with Gasteiger partial charge in [-0.25, -0.2) is 0 Å². The lowest BCUT2D eigenvalue weighted by Gasteiger charge is -2.27. The predicted molar refractivity (Wildman–Crippen MR) is 75.5 cm³/mol. The molecule has 0 nitrogen and oxygen atoms in total. The molecular formula is C16H33. The van der Waals surface area contributed by atoms with E-state index in [1.807, 2.05) is 0 Å². The second-order valence-corrected chi connectivity index (χ2v) is 5.58. The minimum atomic E-state index is 0.503. The zero-order valence-electron chi connectivity index (χ0n) is 12.3. The molecule has 0 aliphatic carbocycles. The van der Waals surface area contributed by atoms with Crippen molar-refractivity contribution < 1.29 is 0 Å². The molecule has 1 atom stereocenters. The summed E-state index contributed by atoms with van der Waals surface area (Å²) in [5, 5.41) is 0. The van der Waals surface area contributed by atoms with E-state index >= 15 is 0 Å². The average Bonchev–Trinajstić information content (AvgIpc) is 2.30. The summed E-state index contributed by atoms with van der Waals surface area (Å²) in [5.41, 5.74) is 0.503. The summed E-state index contributed by atoms with van der Waals surface area (Å²) in [7, 11) is 0. The average molecular weight is 225 g/mol. The summed E-state index contributed by atoms with van der Waals surface area (Å²) in [6, 6.07) is 0. The third-order valence-corrected chi connectivity index (χ3v) is 4.24. The van der Waals surface area contributed by atoms with Crippen LogP contribution in [0.4, 0.5) is 0 Å². The molecule has 0 aromatic heterocycles. The maximum absolute atomic E-state index is 2.60. The molecule has 0 heterocycles. The number of hydrogen-bond donors (Lipinski definition) is 0. The number of rotatable bonds is 10. The van der Waals surface area contributed by atoms with Gasteiger partial charge < -0.3 is 0 Å². The Morgan fingerprint density at radius 3 is 2.12 bits per heavy atom. The van der Waals surface area contributed by atoms with Crippen LogP contribution in [0.25, 0.3) is 0 Å². The highest BCUT2D eigenvalue weighted by Gasteiger charge is 2.20. The summed E-state index contributed by atoms with van der Waals surface area (Å²) in [6.07, 6.45) is 13.4. The summed E-state index contributed by atoms with van der Waals surface area (Å²) in [4.78, 5) is 0. The van der Waals surface area contributed by atoms with Gasteiger partial charge in [-0.3, -0.25) is 0 Å². The first kappa shape index (κ1) is 16.0. The van der Waals surface area contributed by atoms with Gasteiger partial charge in [-0.1, -0.05) is 73.1 Å². The van der Waals surface area contributed by atoms with Gasteiger partial charge in [-0.15, -0.1) is 0 Å². The fourth-order valence-corrected chi connectivity index (χ4v) is 2.55. The molecule has 0 spiro atoms. The van der Waals surface area contributed by atoms with E-state index in [1.165, 1.54) is 51.4 Å². The smallest absolute Gasteiger partial charge is 0.0297 e. The van der Waals surface area contributed by atoms with Gasteiger partial charge in [0.15, 0.2) is 0 Å². The van der Waals surface area contributed by atoms with Crippen LogP contribution < -0.4 is 0 Å². The highest BCUT2D eigenvalue weighted by molar-refractivity contribution is 4.87. The maximum atomic E-state index is 2.60. The van der Waals surface area contributed by atoms with Crippen molar-refractivity contribution in [3.05, 3.63) is 6.42 Å². The summed E-state index contributed by atoms with van der Waals surface area (Å²) in [5.74, 6) is 0.965. The Morgan fingerprint density at radius 2 is 1.69 bits per heavy atom. The topological polar surface area (TPSA) is 0 Å². The van der Waals surface area contributed by atoms with E-state index in [2.05, 4.69) is 41.0 Å². The van der Waals surface area contributed by atoms with Gasteiger partial charge in [0.2, 0.25) is 0 Å². The monoisotopic (exact) mass is 225 g/mol. The van der Waals surface area contributed by atoms with E-state index in [1.54, 1.807) is 0 Å². The van der Waals surface area contributed by atoms with Crippen molar-refractivity contribution in [2.75, 3.05) is 0 Å². The first-order valence-electron chi connectivity index (χ1n) is 7.46. The molecule has 97 valence electrons. The fraction of sp³-hybridized carbons (Fsp3) is 0.938. The van der Waals surface area contributed by atoms with Gasteiger partial charge in [-0.2, -0.15) is 0 Å². The van der Waals surface area contributed by atoms with Crippen LogP contribution in [-0.4, -0.2) is 0 Å². The molecule has 0 aliphatic heterocycles. The van der Waals surface area contributed by atoms with Crippen LogP contribution in [-0.2, 0) is 0 Å². The summed E-state index contributed by atoms with van der Waals surface area (Å²) < 4.78 is 0. The van der Waals surface area contributed by atoms with E-state index in [0.29, 0.717) is 5.41 Å². The Bertz CT molecular complexity index is 146. The Kier molecular flexibility index (Phi) is 9.07. The van der Waals surface area contributed by atoms with E-state index in [0.717, 1.165) is 5.92 Å². The lowest BCUT2D eigenvalue weighted by atomic mass is 9.78. The Balaban J connectivity index is 3.70. The first-order chi connectivity index (χ1) is 7.61. The molecule has 0 amide bonds. The maximum Gasteiger partial charge on any atom is -0.0297 e. The lowest BCUT2D eigenvalue weighted by molar-refractivity contribution is 0.321. The van der Waals surface area contributed by atoms with Crippen LogP contribution in [0.1, 0.15) is 86.0 Å². The largest absolute Gasteiger partial charge is 0.0654 e. The van der Waals surface area contributed by atoms with E-state index < -0.39 is 0 Å². The second-order valence-electron chi connectivity index (χ2n) is 5.58. The minimum Gasteiger partial charge on any atom is -0.0654 e. The van der Waals surface area contributed by atoms with Gasteiger partial charge in [-0.05, 0) is 30.6 Å². The van der Waals surface area contributed by atoms with Gasteiger partial charge >= 0.3 is 0 Å². The zero-order valence-corrected chi connectivity index (χ0v) is 12.3. The van der Waals surface area contributed by atoms with Crippen molar-refractivity contribution in [3.8, 4) is 0 Å². The molecule has 16 heavy (non-hydrogen) atoms. The molecular weight excluding hydrogens is 192 g/mol. The first-order valence-corrected chi connectivity index (χ1v) is 7.46. The lowest BCUT2D eigenvalue weighted by Crippen LogP contribution is -2.15. The molecule has 0 aliphatic rings. The highest BCUT2D eigenvalue weighted by atomic mass is 14.3. The Hall–Kier alpha value is 0. The van der Waals surface area contributed by atoms with Crippen LogP contribution in [0.15, 0.2) is 0 Å². The molecule has 0 N–H and O–H groups in total. The molecule has 0 aromatic carbocycles. The normalized spacial score (nSPS) is 15.4. The van der Waals surface area contributed by atoms with Crippen LogP contribution in [0, 0.1) is 17.8 Å². The van der Waals surface area contributed by atoms with E-state index in [9.17, 15) is 0 Å². The Morgan fingerprint density at radius 1 is 1.06 bits per heavy atom. The Labute approximate surface area is 104 Å². The summed E-state index contributed by atoms with van der Waals surface area (Å²) >= 11 is 0. The van der Waals surface area contributed by atoms with Crippen LogP contribution in [0.2, 0.25) is 0 Å². The molecule has 0 aromatic rings. The molecule has 0 saturated carbocycles. The van der Waals surface area contributed by atoms with Gasteiger partial charge in [0.05, 0.1) is 0 Å². The van der Waals surface area contributed by atoms with Crippen LogP contribution in [0.5, 0.6) is 0 Å². The molecule has 0 bridgehead atoms. The van der Waals surface area contributed by atoms with Crippen molar-refractivity contribution >= 4 is 0 Å². The third kappa shape index (κ3) is 6.55. The van der Waals surface area contributed by atoms with E-state index in [-0.39, 0.29) is 0 Å². The SMILES string of the molecule is CCCC(C)([CH]CCCC(CC)CC)CC. The van der Waals surface area contributed by atoms with Gasteiger partial charge in [0, 0.05) is 0 Å². The molecule has 0 heteroatoms. The minimum absolute atomic E-state index is 0.503. The van der Waals surface area contributed by atoms with Crippen molar-refractivity contribution in [2.24, 2.45) is 11.3 Å². The zero-order chi connectivity index (χ0) is 12.4. The van der Waals surface area contributed by atoms with Crippen molar-refractivity contribution in [1.82, 2.24) is 0 Å². The molecule has 0 saturated heterocycles. The molecule has 1 unspecified atom stereocenters. The van der Waals surface area contributed by atoms with E-state index in [4.69, 9.17) is 0 Å². The van der Waals surface area contributed by atoms with Crippen LogP contribution >= 0.6 is 0 Å².